The lowest BCUT2D eigenvalue weighted by Crippen LogP contribution is -2.41. The Hall–Kier alpha value is -0.420. The van der Waals surface area contributed by atoms with E-state index in [1.165, 1.54) is 9.75 Å². The molecule has 90 valence electrons. The molecule has 16 heavy (non-hydrogen) atoms. The molecule has 1 aliphatic heterocycles. The average Bonchev–Trinajstić information content (AvgIpc) is 2.77. The van der Waals surface area contributed by atoms with Gasteiger partial charge in [0.25, 0.3) is 0 Å². The van der Waals surface area contributed by atoms with Crippen LogP contribution in [0.15, 0.2) is 12.1 Å². The number of rotatable bonds is 4. The Kier molecular flexibility index (Phi) is 4.35. The molecule has 0 amide bonds. The zero-order chi connectivity index (χ0) is 11.4. The first-order valence-electron chi connectivity index (χ1n) is 5.93. The highest BCUT2D eigenvalue weighted by atomic mass is 32.1. The lowest BCUT2D eigenvalue weighted by Gasteiger charge is -2.32. The second-order valence-electron chi connectivity index (χ2n) is 4.21. The minimum atomic E-state index is 0.419. The Morgan fingerprint density at radius 1 is 1.50 bits per heavy atom. The number of hydrogen-bond acceptors (Lipinski definition) is 4. The van der Waals surface area contributed by atoms with Crippen LogP contribution in [0.1, 0.15) is 23.1 Å². The van der Waals surface area contributed by atoms with Gasteiger partial charge in [-0.05, 0) is 18.6 Å². The Morgan fingerprint density at radius 3 is 3.00 bits per heavy atom. The molecule has 1 saturated heterocycles. The molecule has 1 atom stereocenters. The van der Waals surface area contributed by atoms with Gasteiger partial charge in [0.05, 0.1) is 12.7 Å². The fourth-order valence-electron chi connectivity index (χ4n) is 2.01. The highest BCUT2D eigenvalue weighted by Crippen LogP contribution is 2.19. The molecule has 0 radical (unpaired) electrons. The summed E-state index contributed by atoms with van der Waals surface area (Å²) in [6.07, 6.45) is 1.53. The van der Waals surface area contributed by atoms with Crippen molar-refractivity contribution in [1.82, 2.24) is 4.90 Å². The monoisotopic (exact) mass is 240 g/mol. The molecule has 4 heteroatoms. The van der Waals surface area contributed by atoms with Crippen molar-refractivity contribution >= 4 is 11.3 Å². The van der Waals surface area contributed by atoms with Gasteiger partial charge in [-0.2, -0.15) is 0 Å². The highest BCUT2D eigenvalue weighted by Gasteiger charge is 2.19. The molecule has 1 aliphatic rings. The molecule has 1 aromatic rings. The van der Waals surface area contributed by atoms with Gasteiger partial charge < -0.3 is 10.5 Å². The maximum atomic E-state index is 5.66. The third kappa shape index (κ3) is 3.04. The molecular weight excluding hydrogens is 220 g/mol. The van der Waals surface area contributed by atoms with Crippen molar-refractivity contribution in [3.05, 3.63) is 21.9 Å². The molecule has 1 fully saturated rings. The predicted molar refractivity (Wildman–Crippen MR) is 67.5 cm³/mol. The molecule has 1 unspecified atom stereocenters. The first kappa shape index (κ1) is 12.0. The molecule has 3 nitrogen and oxygen atoms in total. The second kappa shape index (κ2) is 5.77. The summed E-state index contributed by atoms with van der Waals surface area (Å²) in [6.45, 7) is 6.87. The first-order chi connectivity index (χ1) is 7.81. The minimum absolute atomic E-state index is 0.419. The second-order valence-corrected chi connectivity index (χ2v) is 5.46. The van der Waals surface area contributed by atoms with E-state index in [1.54, 1.807) is 0 Å². The quantitative estimate of drug-likeness (QED) is 0.872. The largest absolute Gasteiger partial charge is 0.376 e. The van der Waals surface area contributed by atoms with Crippen LogP contribution in [0, 0.1) is 0 Å². The molecule has 1 aromatic heterocycles. The van der Waals surface area contributed by atoms with Crippen LogP contribution in [0.25, 0.3) is 0 Å². The van der Waals surface area contributed by atoms with Gasteiger partial charge in [0, 0.05) is 35.9 Å². The van der Waals surface area contributed by atoms with E-state index in [2.05, 4.69) is 24.0 Å². The Bertz CT molecular complexity index is 327. The Balaban J connectivity index is 1.88. The molecule has 2 rings (SSSR count). The van der Waals surface area contributed by atoms with Gasteiger partial charge in [-0.1, -0.05) is 6.92 Å². The fraction of sp³-hybridized carbons (Fsp3) is 0.667. The SMILES string of the molecule is CCC1CN(Cc2ccc(CN)s2)CCO1. The van der Waals surface area contributed by atoms with Crippen LogP contribution >= 0.6 is 11.3 Å². The smallest absolute Gasteiger partial charge is 0.0700 e. The van der Waals surface area contributed by atoms with E-state index < -0.39 is 0 Å². The Labute approximate surface area is 101 Å². The van der Waals surface area contributed by atoms with Gasteiger partial charge in [0.2, 0.25) is 0 Å². The number of morpholine rings is 1. The predicted octanol–water partition coefficient (Wildman–Crippen LogP) is 1.82. The van der Waals surface area contributed by atoms with E-state index in [4.69, 9.17) is 10.5 Å². The van der Waals surface area contributed by atoms with E-state index in [0.717, 1.165) is 32.7 Å². The summed E-state index contributed by atoms with van der Waals surface area (Å²) in [5.41, 5.74) is 5.62. The normalized spacial score (nSPS) is 22.5. The van der Waals surface area contributed by atoms with Gasteiger partial charge in [0.15, 0.2) is 0 Å². The van der Waals surface area contributed by atoms with E-state index in [-0.39, 0.29) is 0 Å². The average molecular weight is 240 g/mol. The van der Waals surface area contributed by atoms with Gasteiger partial charge >= 0.3 is 0 Å². The van der Waals surface area contributed by atoms with Crippen LogP contribution in [-0.2, 0) is 17.8 Å². The molecule has 0 saturated carbocycles. The fourth-order valence-corrected chi connectivity index (χ4v) is 2.95. The van der Waals surface area contributed by atoms with E-state index in [1.807, 2.05) is 11.3 Å². The van der Waals surface area contributed by atoms with Gasteiger partial charge in [-0.15, -0.1) is 11.3 Å². The lowest BCUT2D eigenvalue weighted by atomic mass is 10.2. The standard InChI is InChI=1S/C12H20N2OS/c1-2-10-8-14(5-6-15-10)9-12-4-3-11(7-13)16-12/h3-4,10H,2,5-9,13H2,1H3. The summed E-state index contributed by atoms with van der Waals surface area (Å²) in [4.78, 5) is 5.16. The van der Waals surface area contributed by atoms with E-state index >= 15 is 0 Å². The number of ether oxygens (including phenoxy) is 1. The van der Waals surface area contributed by atoms with Crippen molar-refractivity contribution in [2.75, 3.05) is 19.7 Å². The van der Waals surface area contributed by atoms with Crippen LogP contribution in [0.2, 0.25) is 0 Å². The number of thiophene rings is 1. The van der Waals surface area contributed by atoms with Gasteiger partial charge in [0.1, 0.15) is 0 Å². The van der Waals surface area contributed by atoms with E-state index in [0.29, 0.717) is 12.6 Å². The maximum absolute atomic E-state index is 5.66. The van der Waals surface area contributed by atoms with Crippen molar-refractivity contribution in [3.8, 4) is 0 Å². The zero-order valence-electron chi connectivity index (χ0n) is 9.82. The molecule has 0 aliphatic carbocycles. The molecule has 0 aromatic carbocycles. The molecule has 2 N–H and O–H groups in total. The third-order valence-electron chi connectivity index (χ3n) is 2.98. The van der Waals surface area contributed by atoms with E-state index in [9.17, 15) is 0 Å². The highest BCUT2D eigenvalue weighted by molar-refractivity contribution is 7.11. The zero-order valence-corrected chi connectivity index (χ0v) is 10.6. The van der Waals surface area contributed by atoms with Crippen molar-refractivity contribution in [1.29, 1.82) is 0 Å². The molecule has 2 heterocycles. The maximum Gasteiger partial charge on any atom is 0.0700 e. The number of hydrogen-bond donors (Lipinski definition) is 1. The topological polar surface area (TPSA) is 38.5 Å². The first-order valence-corrected chi connectivity index (χ1v) is 6.75. The summed E-state index contributed by atoms with van der Waals surface area (Å²) in [7, 11) is 0. The third-order valence-corrected chi connectivity index (χ3v) is 4.07. The lowest BCUT2D eigenvalue weighted by molar-refractivity contribution is -0.0321. The minimum Gasteiger partial charge on any atom is -0.376 e. The summed E-state index contributed by atoms with van der Waals surface area (Å²) < 4.78 is 5.66. The molecular formula is C12H20N2OS. The summed E-state index contributed by atoms with van der Waals surface area (Å²) >= 11 is 1.83. The van der Waals surface area contributed by atoms with Gasteiger partial charge in [-0.3, -0.25) is 4.90 Å². The van der Waals surface area contributed by atoms with Crippen LogP contribution in [0.3, 0.4) is 0 Å². The Morgan fingerprint density at radius 2 is 2.31 bits per heavy atom. The van der Waals surface area contributed by atoms with Crippen LogP contribution in [-0.4, -0.2) is 30.7 Å². The van der Waals surface area contributed by atoms with Crippen molar-refractivity contribution in [2.24, 2.45) is 5.73 Å². The summed E-state index contributed by atoms with van der Waals surface area (Å²) in [5, 5.41) is 0. The van der Waals surface area contributed by atoms with Gasteiger partial charge in [-0.25, -0.2) is 0 Å². The van der Waals surface area contributed by atoms with Crippen molar-refractivity contribution in [3.63, 3.8) is 0 Å². The molecule has 0 bridgehead atoms. The van der Waals surface area contributed by atoms with Crippen LogP contribution < -0.4 is 5.73 Å². The van der Waals surface area contributed by atoms with Crippen LogP contribution in [0.4, 0.5) is 0 Å². The summed E-state index contributed by atoms with van der Waals surface area (Å²) in [6, 6.07) is 4.33. The number of nitrogens with two attached hydrogens (primary N) is 1. The summed E-state index contributed by atoms with van der Waals surface area (Å²) in [5.74, 6) is 0. The molecule has 0 spiro atoms. The number of nitrogens with zero attached hydrogens (tertiary/aromatic N) is 1. The van der Waals surface area contributed by atoms with Crippen molar-refractivity contribution in [2.45, 2.75) is 32.5 Å². The van der Waals surface area contributed by atoms with Crippen molar-refractivity contribution < 1.29 is 4.74 Å². The van der Waals surface area contributed by atoms with Crippen LogP contribution in [0.5, 0.6) is 0 Å².